The summed E-state index contributed by atoms with van der Waals surface area (Å²) >= 11 is 6.08. The first-order valence-corrected chi connectivity index (χ1v) is 10.3. The average molecular weight is 395 g/mol. The van der Waals surface area contributed by atoms with Gasteiger partial charge >= 0.3 is 0 Å². The van der Waals surface area contributed by atoms with Crippen molar-refractivity contribution in [2.75, 3.05) is 23.5 Å². The number of benzene rings is 1. The van der Waals surface area contributed by atoms with Crippen LogP contribution in [0, 0.1) is 0 Å². The third-order valence-electron chi connectivity index (χ3n) is 4.40. The van der Waals surface area contributed by atoms with Crippen LogP contribution in [0.25, 0.3) is 0 Å². The fourth-order valence-corrected chi connectivity index (χ4v) is 4.82. The van der Waals surface area contributed by atoms with Crippen LogP contribution in [0.5, 0.6) is 0 Å². The van der Waals surface area contributed by atoms with Gasteiger partial charge in [-0.25, -0.2) is 18.4 Å². The molecule has 0 saturated carbocycles. The van der Waals surface area contributed by atoms with Gasteiger partial charge in [0.1, 0.15) is 17.8 Å². The molecule has 0 bridgehead atoms. The van der Waals surface area contributed by atoms with Gasteiger partial charge in [0, 0.05) is 30.7 Å². The van der Waals surface area contributed by atoms with E-state index in [1.165, 1.54) is 6.33 Å². The number of sulfone groups is 1. The zero-order valence-electron chi connectivity index (χ0n) is 14.2. The van der Waals surface area contributed by atoms with Gasteiger partial charge in [-0.15, -0.1) is 0 Å². The van der Waals surface area contributed by atoms with Crippen molar-refractivity contribution < 1.29 is 13.2 Å². The molecule has 3 rings (SSSR count). The Kier molecular flexibility index (Phi) is 5.43. The zero-order valence-corrected chi connectivity index (χ0v) is 15.8. The summed E-state index contributed by atoms with van der Waals surface area (Å²) in [6.45, 7) is 0.286. The SMILES string of the molecule is CN(c1cc(C(=O)NCc2ccccc2Cl)ncn1)C1CCS(=O)(=O)C1. The summed E-state index contributed by atoms with van der Waals surface area (Å²) in [4.78, 5) is 22.3. The first-order valence-electron chi connectivity index (χ1n) is 8.12. The number of nitrogens with one attached hydrogen (secondary N) is 1. The molecule has 9 heteroatoms. The van der Waals surface area contributed by atoms with Crippen molar-refractivity contribution in [3.05, 3.63) is 52.9 Å². The number of hydrogen-bond donors (Lipinski definition) is 1. The molecule has 7 nitrogen and oxygen atoms in total. The Morgan fingerprint density at radius 3 is 2.81 bits per heavy atom. The molecule has 1 aliphatic heterocycles. The highest BCUT2D eigenvalue weighted by Crippen LogP contribution is 2.21. The van der Waals surface area contributed by atoms with Gasteiger partial charge in [0.05, 0.1) is 11.5 Å². The van der Waals surface area contributed by atoms with E-state index in [9.17, 15) is 13.2 Å². The minimum Gasteiger partial charge on any atom is -0.356 e. The Labute approximate surface area is 157 Å². The fraction of sp³-hybridized carbons (Fsp3) is 0.353. The number of anilines is 1. The number of aromatic nitrogens is 2. The third kappa shape index (κ3) is 4.31. The Balaban J connectivity index is 1.68. The van der Waals surface area contributed by atoms with Gasteiger partial charge in [-0.1, -0.05) is 29.8 Å². The normalized spacial score (nSPS) is 18.5. The number of carbonyl (C=O) groups excluding carboxylic acids is 1. The maximum absolute atomic E-state index is 12.4. The lowest BCUT2D eigenvalue weighted by Gasteiger charge is -2.24. The molecule has 1 fully saturated rings. The van der Waals surface area contributed by atoms with E-state index >= 15 is 0 Å². The van der Waals surface area contributed by atoms with E-state index in [0.29, 0.717) is 17.3 Å². The summed E-state index contributed by atoms with van der Waals surface area (Å²) in [5.74, 6) is 0.450. The molecule has 1 aromatic heterocycles. The molecular weight excluding hydrogens is 376 g/mol. The van der Waals surface area contributed by atoms with Gasteiger partial charge in [-0.3, -0.25) is 4.79 Å². The molecule has 138 valence electrons. The Bertz CT molecular complexity index is 920. The predicted molar refractivity (Wildman–Crippen MR) is 100 cm³/mol. The molecule has 1 unspecified atom stereocenters. The highest BCUT2D eigenvalue weighted by molar-refractivity contribution is 7.91. The van der Waals surface area contributed by atoms with Crippen molar-refractivity contribution in [2.24, 2.45) is 0 Å². The molecule has 1 atom stereocenters. The molecule has 1 N–H and O–H groups in total. The van der Waals surface area contributed by atoms with Gasteiger partial charge in [0.25, 0.3) is 5.91 Å². The second-order valence-electron chi connectivity index (χ2n) is 6.20. The summed E-state index contributed by atoms with van der Waals surface area (Å²) in [5, 5.41) is 3.36. The average Bonchev–Trinajstić information content (AvgIpc) is 3.00. The van der Waals surface area contributed by atoms with Gasteiger partial charge in [0.15, 0.2) is 9.84 Å². The molecule has 2 heterocycles. The van der Waals surface area contributed by atoms with Gasteiger partial charge < -0.3 is 10.2 Å². The lowest BCUT2D eigenvalue weighted by Crippen LogP contribution is -2.33. The molecule has 1 aliphatic rings. The van der Waals surface area contributed by atoms with E-state index in [0.717, 1.165) is 5.56 Å². The van der Waals surface area contributed by atoms with Crippen LogP contribution in [0.2, 0.25) is 5.02 Å². The van der Waals surface area contributed by atoms with E-state index in [2.05, 4.69) is 15.3 Å². The fourth-order valence-electron chi connectivity index (χ4n) is 2.84. The first-order chi connectivity index (χ1) is 12.4. The Hall–Kier alpha value is -2.19. The van der Waals surface area contributed by atoms with E-state index in [-0.39, 0.29) is 35.7 Å². The summed E-state index contributed by atoms with van der Waals surface area (Å²) in [5.41, 5.74) is 1.03. The molecule has 0 aliphatic carbocycles. The number of carbonyl (C=O) groups is 1. The Morgan fingerprint density at radius 2 is 2.12 bits per heavy atom. The molecule has 1 aromatic carbocycles. The summed E-state index contributed by atoms with van der Waals surface area (Å²) < 4.78 is 23.3. The number of nitrogens with zero attached hydrogens (tertiary/aromatic N) is 3. The van der Waals surface area contributed by atoms with Crippen molar-refractivity contribution in [2.45, 2.75) is 19.0 Å². The topological polar surface area (TPSA) is 92.3 Å². The van der Waals surface area contributed by atoms with E-state index in [4.69, 9.17) is 11.6 Å². The van der Waals surface area contributed by atoms with Crippen molar-refractivity contribution in [3.63, 3.8) is 0 Å². The van der Waals surface area contributed by atoms with E-state index in [1.807, 2.05) is 18.2 Å². The lowest BCUT2D eigenvalue weighted by molar-refractivity contribution is 0.0945. The number of rotatable bonds is 5. The highest BCUT2D eigenvalue weighted by atomic mass is 35.5. The van der Waals surface area contributed by atoms with Gasteiger partial charge in [-0.2, -0.15) is 0 Å². The summed E-state index contributed by atoms with van der Waals surface area (Å²) in [6, 6.07) is 8.68. The van der Waals surface area contributed by atoms with Crippen LogP contribution in [-0.4, -0.2) is 48.9 Å². The first kappa shape index (κ1) is 18.6. The molecule has 0 radical (unpaired) electrons. The van der Waals surface area contributed by atoms with Gasteiger partial charge in [0.2, 0.25) is 0 Å². The smallest absolute Gasteiger partial charge is 0.270 e. The van der Waals surface area contributed by atoms with Crippen LogP contribution in [0.1, 0.15) is 22.5 Å². The standard InChI is InChI=1S/C17H19ClN4O3S/c1-22(13-6-7-26(24,25)10-13)16-8-15(20-11-21-16)17(23)19-9-12-4-2-3-5-14(12)18/h2-5,8,11,13H,6-7,9-10H2,1H3,(H,19,23). The van der Waals surface area contributed by atoms with Crippen molar-refractivity contribution in [1.29, 1.82) is 0 Å². The second-order valence-corrected chi connectivity index (χ2v) is 8.84. The van der Waals surface area contributed by atoms with Crippen molar-refractivity contribution in [1.82, 2.24) is 15.3 Å². The largest absolute Gasteiger partial charge is 0.356 e. The molecule has 1 amide bonds. The lowest BCUT2D eigenvalue weighted by atomic mass is 10.2. The summed E-state index contributed by atoms with van der Waals surface area (Å²) in [7, 11) is -1.22. The molecule has 26 heavy (non-hydrogen) atoms. The second kappa shape index (κ2) is 7.59. The number of halogens is 1. The summed E-state index contributed by atoms with van der Waals surface area (Å²) in [6.07, 6.45) is 1.86. The van der Waals surface area contributed by atoms with Crippen molar-refractivity contribution >= 4 is 33.2 Å². The van der Waals surface area contributed by atoms with Crippen molar-refractivity contribution in [3.8, 4) is 0 Å². The van der Waals surface area contributed by atoms with Crippen LogP contribution in [0.15, 0.2) is 36.7 Å². The Morgan fingerprint density at radius 1 is 1.35 bits per heavy atom. The predicted octanol–water partition coefficient (Wildman–Crippen LogP) is 1.68. The number of hydrogen-bond acceptors (Lipinski definition) is 6. The number of amides is 1. The molecular formula is C17H19ClN4O3S. The minimum atomic E-state index is -3.00. The van der Waals surface area contributed by atoms with E-state index in [1.54, 1.807) is 24.1 Å². The molecule has 0 spiro atoms. The van der Waals surface area contributed by atoms with Crippen LogP contribution in [0.4, 0.5) is 5.82 Å². The zero-order chi connectivity index (χ0) is 18.7. The van der Waals surface area contributed by atoms with Crippen LogP contribution in [-0.2, 0) is 16.4 Å². The third-order valence-corrected chi connectivity index (χ3v) is 6.52. The highest BCUT2D eigenvalue weighted by Gasteiger charge is 2.31. The molecule has 1 saturated heterocycles. The maximum Gasteiger partial charge on any atom is 0.270 e. The van der Waals surface area contributed by atoms with Crippen LogP contribution >= 0.6 is 11.6 Å². The maximum atomic E-state index is 12.4. The minimum absolute atomic E-state index is 0.0987. The molecule has 2 aromatic rings. The van der Waals surface area contributed by atoms with Crippen LogP contribution in [0.3, 0.4) is 0 Å². The van der Waals surface area contributed by atoms with Gasteiger partial charge in [-0.05, 0) is 18.1 Å². The van der Waals surface area contributed by atoms with E-state index < -0.39 is 9.84 Å². The van der Waals surface area contributed by atoms with Crippen LogP contribution < -0.4 is 10.2 Å². The quantitative estimate of drug-likeness (QED) is 0.829. The monoisotopic (exact) mass is 394 g/mol.